The van der Waals surface area contributed by atoms with Gasteiger partial charge in [-0.15, -0.1) is 11.3 Å². The van der Waals surface area contributed by atoms with E-state index in [1.807, 2.05) is 39.0 Å². The van der Waals surface area contributed by atoms with Crippen LogP contribution in [0.25, 0.3) is 5.57 Å². The summed E-state index contributed by atoms with van der Waals surface area (Å²) >= 11 is 1.22. The Morgan fingerprint density at radius 3 is 2.68 bits per heavy atom. The zero-order valence-corrected chi connectivity index (χ0v) is 18.8. The molecule has 2 aliphatic rings. The molecule has 1 saturated heterocycles. The van der Waals surface area contributed by atoms with Crippen molar-refractivity contribution in [3.8, 4) is 0 Å². The summed E-state index contributed by atoms with van der Waals surface area (Å²) in [7, 11) is -3.69. The minimum absolute atomic E-state index is 0.0654. The lowest BCUT2D eigenvalue weighted by Crippen LogP contribution is -2.39. The van der Waals surface area contributed by atoms with Gasteiger partial charge in [-0.05, 0) is 75.6 Å². The number of thiophene rings is 1. The van der Waals surface area contributed by atoms with Crippen LogP contribution in [0.1, 0.15) is 51.8 Å². The predicted octanol–water partition coefficient (Wildman–Crippen LogP) is 4.24. The van der Waals surface area contributed by atoms with Crippen LogP contribution in [0.15, 0.2) is 46.2 Å². The lowest BCUT2D eigenvalue weighted by Gasteiger charge is -2.39. The summed E-state index contributed by atoms with van der Waals surface area (Å²) in [5, 5.41) is 8.73. The highest BCUT2D eigenvalue weighted by Crippen LogP contribution is 2.43. The molecule has 5 nitrogen and oxygen atoms in total. The first-order valence-corrected chi connectivity index (χ1v) is 12.3. The third kappa shape index (κ3) is 5.42. The monoisotopic (exact) mass is 424 g/mol. The van der Waals surface area contributed by atoms with Crippen LogP contribution in [0.4, 0.5) is 0 Å². The number of rotatable bonds is 3. The molecule has 2 atom stereocenters. The van der Waals surface area contributed by atoms with Crippen molar-refractivity contribution >= 4 is 26.9 Å². The van der Waals surface area contributed by atoms with Crippen molar-refractivity contribution in [2.24, 2.45) is 5.14 Å². The van der Waals surface area contributed by atoms with Gasteiger partial charge in [-0.3, -0.25) is 0 Å². The molecule has 156 valence electrons. The molecule has 28 heavy (non-hydrogen) atoms. The summed E-state index contributed by atoms with van der Waals surface area (Å²) in [5.74, 6) is 0. The fraction of sp³-hybridized carbons (Fsp3) is 0.524. The van der Waals surface area contributed by atoms with Crippen LogP contribution in [0, 0.1) is 0 Å². The number of hydrogen-bond donors (Lipinski definition) is 2. The smallest absolute Gasteiger partial charge is 0.247 e. The summed E-state index contributed by atoms with van der Waals surface area (Å²) in [6.07, 6.45) is 11.1. The van der Waals surface area contributed by atoms with Gasteiger partial charge in [0.2, 0.25) is 10.0 Å². The molecule has 1 fully saturated rings. The normalized spacial score (nSPS) is 27.4. The van der Waals surface area contributed by atoms with E-state index in [9.17, 15) is 8.42 Å². The average Bonchev–Trinajstić information content (AvgIpc) is 3.06. The molecule has 1 aromatic heterocycles. The van der Waals surface area contributed by atoms with Crippen LogP contribution in [-0.4, -0.2) is 33.2 Å². The molecular weight excluding hydrogens is 392 g/mol. The van der Waals surface area contributed by atoms with Gasteiger partial charge in [0, 0.05) is 4.88 Å². The van der Waals surface area contributed by atoms with Gasteiger partial charge in [0.1, 0.15) is 4.21 Å². The number of nitrogens with one attached hydrogen (secondary N) is 1. The van der Waals surface area contributed by atoms with Gasteiger partial charge in [-0.2, -0.15) is 0 Å². The van der Waals surface area contributed by atoms with Gasteiger partial charge >= 0.3 is 0 Å². The number of nitrogens with two attached hydrogens (primary N) is 1. The van der Waals surface area contributed by atoms with E-state index in [1.54, 1.807) is 6.07 Å². The molecule has 1 spiro atoms. The maximum absolute atomic E-state index is 11.7. The van der Waals surface area contributed by atoms with Crippen molar-refractivity contribution in [1.29, 1.82) is 0 Å². The van der Waals surface area contributed by atoms with Gasteiger partial charge in [0.25, 0.3) is 0 Å². The first-order valence-electron chi connectivity index (χ1n) is 9.92. The van der Waals surface area contributed by atoms with E-state index in [4.69, 9.17) is 9.88 Å². The SMILES string of the molecule is C/C=C\C=C1\C(c2ccc(S(N)(=O)=O)s2)=CC2(CCCNCC2)OC1C.CC. The third-order valence-corrected chi connectivity index (χ3v) is 7.40. The number of primary sulfonamides is 1. The first-order chi connectivity index (χ1) is 13.3. The van der Waals surface area contributed by atoms with Crippen molar-refractivity contribution in [2.75, 3.05) is 13.1 Å². The topological polar surface area (TPSA) is 81.4 Å². The van der Waals surface area contributed by atoms with Crippen LogP contribution < -0.4 is 10.5 Å². The van der Waals surface area contributed by atoms with Gasteiger partial charge in [0.05, 0.1) is 11.7 Å². The molecule has 3 rings (SSSR count). The molecule has 0 radical (unpaired) electrons. The molecule has 2 unspecified atom stereocenters. The lowest BCUT2D eigenvalue weighted by atomic mass is 9.84. The molecule has 7 heteroatoms. The highest BCUT2D eigenvalue weighted by Gasteiger charge is 2.38. The van der Waals surface area contributed by atoms with Gasteiger partial charge in [0.15, 0.2) is 0 Å². The minimum atomic E-state index is -3.69. The largest absolute Gasteiger partial charge is 0.363 e. The lowest BCUT2D eigenvalue weighted by molar-refractivity contribution is -0.0497. The van der Waals surface area contributed by atoms with E-state index in [1.165, 1.54) is 11.3 Å². The van der Waals surface area contributed by atoms with Crippen LogP contribution in [0.2, 0.25) is 0 Å². The minimum Gasteiger partial charge on any atom is -0.363 e. The van der Waals surface area contributed by atoms with Crippen molar-refractivity contribution in [2.45, 2.75) is 62.9 Å². The molecule has 0 bridgehead atoms. The highest BCUT2D eigenvalue weighted by molar-refractivity contribution is 7.91. The van der Waals surface area contributed by atoms with E-state index < -0.39 is 10.0 Å². The van der Waals surface area contributed by atoms with Gasteiger partial charge in [-0.25, -0.2) is 13.6 Å². The molecule has 2 aliphatic heterocycles. The molecule has 0 aromatic carbocycles. The maximum atomic E-state index is 11.7. The van der Waals surface area contributed by atoms with Crippen molar-refractivity contribution in [3.05, 3.63) is 46.9 Å². The van der Waals surface area contributed by atoms with Crippen molar-refractivity contribution in [3.63, 3.8) is 0 Å². The maximum Gasteiger partial charge on any atom is 0.247 e. The Labute approximate surface area is 173 Å². The van der Waals surface area contributed by atoms with Crippen LogP contribution in [-0.2, 0) is 14.8 Å². The standard InChI is InChI=1S/C19H26N2O3S2.C2H6/c1-3-4-6-15-14(2)24-19(9-5-11-21-12-10-19)13-16(15)17-7-8-18(25-17)26(20,22)23;1-2/h3-4,6-8,13-14,21H,5,9-12H2,1-2H3,(H2,20,22,23);1-2H3/b4-3-,15-6+;. The third-order valence-electron chi connectivity index (χ3n) is 4.84. The predicted molar refractivity (Wildman–Crippen MR) is 118 cm³/mol. The summed E-state index contributed by atoms with van der Waals surface area (Å²) < 4.78 is 30.1. The molecule has 0 amide bonds. The van der Waals surface area contributed by atoms with Crippen molar-refractivity contribution in [1.82, 2.24) is 5.32 Å². The molecule has 3 N–H and O–H groups in total. The molecular formula is C21H32N2O3S2. The second-order valence-corrected chi connectivity index (χ2v) is 9.67. The van der Waals surface area contributed by atoms with E-state index in [0.717, 1.165) is 48.4 Å². The Morgan fingerprint density at radius 2 is 2.04 bits per heavy atom. The van der Waals surface area contributed by atoms with Gasteiger partial charge in [-0.1, -0.05) is 32.1 Å². The molecule has 1 aromatic rings. The Kier molecular flexibility index (Phi) is 8.21. The fourth-order valence-corrected chi connectivity index (χ4v) is 5.36. The number of sulfonamides is 1. The van der Waals surface area contributed by atoms with E-state index in [-0.39, 0.29) is 15.9 Å². The van der Waals surface area contributed by atoms with E-state index in [2.05, 4.69) is 24.4 Å². The van der Waals surface area contributed by atoms with Crippen LogP contribution >= 0.6 is 11.3 Å². The Bertz CT molecular complexity index is 843. The first kappa shape index (κ1) is 23.0. The zero-order valence-electron chi connectivity index (χ0n) is 17.2. The average molecular weight is 425 g/mol. The number of ether oxygens (including phenoxy) is 1. The quantitative estimate of drug-likeness (QED) is 0.760. The van der Waals surface area contributed by atoms with Crippen molar-refractivity contribution < 1.29 is 13.2 Å². The van der Waals surface area contributed by atoms with Gasteiger partial charge < -0.3 is 10.1 Å². The second kappa shape index (κ2) is 9.98. The van der Waals surface area contributed by atoms with Crippen LogP contribution in [0.5, 0.6) is 0 Å². The molecule has 0 saturated carbocycles. The number of hydrogen-bond acceptors (Lipinski definition) is 5. The van der Waals surface area contributed by atoms with E-state index in [0.29, 0.717) is 0 Å². The van der Waals surface area contributed by atoms with E-state index >= 15 is 0 Å². The Balaban J connectivity index is 0.00000136. The summed E-state index contributed by atoms with van der Waals surface area (Å²) in [6.45, 7) is 9.95. The molecule has 3 heterocycles. The second-order valence-electron chi connectivity index (χ2n) is 6.80. The summed E-state index contributed by atoms with van der Waals surface area (Å²) in [4.78, 5) is 0.913. The highest BCUT2D eigenvalue weighted by atomic mass is 32.2. The fourth-order valence-electron chi connectivity index (χ4n) is 3.60. The summed E-state index contributed by atoms with van der Waals surface area (Å²) in [6, 6.07) is 3.44. The Hall–Kier alpha value is -1.25. The Morgan fingerprint density at radius 1 is 1.29 bits per heavy atom. The number of allylic oxidation sites excluding steroid dienone is 3. The van der Waals surface area contributed by atoms with Crippen LogP contribution in [0.3, 0.4) is 0 Å². The molecule has 0 aliphatic carbocycles. The zero-order chi connectivity index (χ0) is 20.8. The summed E-state index contributed by atoms with van der Waals surface area (Å²) in [5.41, 5.74) is 1.81.